The van der Waals surface area contributed by atoms with E-state index in [1.807, 2.05) is 42.5 Å². The third-order valence-electron chi connectivity index (χ3n) is 4.61. The Morgan fingerprint density at radius 2 is 1.66 bits per heavy atom. The highest BCUT2D eigenvalue weighted by Crippen LogP contribution is 2.34. The maximum atomic E-state index is 12.7. The molecule has 0 fully saturated rings. The van der Waals surface area contributed by atoms with Crippen LogP contribution in [0.2, 0.25) is 0 Å². The summed E-state index contributed by atoms with van der Waals surface area (Å²) in [5.41, 5.74) is 8.55. The van der Waals surface area contributed by atoms with Crippen LogP contribution in [-0.2, 0) is 0 Å². The van der Waals surface area contributed by atoms with Gasteiger partial charge in [-0.15, -0.1) is 0 Å². The number of primary amides is 1. The maximum absolute atomic E-state index is 12.7. The molecule has 6 nitrogen and oxygen atoms in total. The van der Waals surface area contributed by atoms with E-state index in [9.17, 15) is 9.59 Å². The minimum absolute atomic E-state index is 0.0907. The normalized spacial score (nSPS) is 10.7. The minimum Gasteiger partial charge on any atom is -0.497 e. The quantitative estimate of drug-likeness (QED) is 0.529. The SMILES string of the molecule is COc1ccc(C(=O)Nc2c(C(N)=O)oc3cc(-c4ccccc4)ccc23)cc1. The molecular formula is C23H18N2O4. The minimum atomic E-state index is -0.757. The molecule has 4 rings (SSSR count). The topological polar surface area (TPSA) is 94.6 Å². The number of hydrogen-bond acceptors (Lipinski definition) is 4. The number of furan rings is 1. The summed E-state index contributed by atoms with van der Waals surface area (Å²) in [7, 11) is 1.55. The van der Waals surface area contributed by atoms with Crippen LogP contribution in [0.3, 0.4) is 0 Å². The van der Waals surface area contributed by atoms with Crippen molar-refractivity contribution >= 4 is 28.5 Å². The zero-order chi connectivity index (χ0) is 20.4. The van der Waals surface area contributed by atoms with Crippen LogP contribution in [0.5, 0.6) is 5.75 Å². The molecular weight excluding hydrogens is 368 g/mol. The molecule has 6 heteroatoms. The van der Waals surface area contributed by atoms with E-state index in [0.29, 0.717) is 22.3 Å². The van der Waals surface area contributed by atoms with E-state index in [0.717, 1.165) is 11.1 Å². The second kappa shape index (κ2) is 7.52. The van der Waals surface area contributed by atoms with E-state index in [-0.39, 0.29) is 17.4 Å². The molecule has 1 heterocycles. The number of anilines is 1. The van der Waals surface area contributed by atoms with E-state index in [1.165, 1.54) is 0 Å². The van der Waals surface area contributed by atoms with Crippen LogP contribution in [0.4, 0.5) is 5.69 Å². The van der Waals surface area contributed by atoms with Gasteiger partial charge in [-0.2, -0.15) is 0 Å². The molecule has 4 aromatic rings. The molecule has 3 aromatic carbocycles. The fraction of sp³-hybridized carbons (Fsp3) is 0.0435. The molecule has 0 saturated heterocycles. The van der Waals surface area contributed by atoms with Crippen molar-refractivity contribution < 1.29 is 18.7 Å². The van der Waals surface area contributed by atoms with Crippen LogP contribution in [0.1, 0.15) is 20.9 Å². The lowest BCUT2D eigenvalue weighted by molar-refractivity contribution is 0.0977. The molecule has 1 aromatic heterocycles. The summed E-state index contributed by atoms with van der Waals surface area (Å²) in [5, 5.41) is 3.35. The molecule has 0 aliphatic carbocycles. The Balaban J connectivity index is 1.73. The molecule has 0 radical (unpaired) electrons. The van der Waals surface area contributed by atoms with E-state index in [2.05, 4.69) is 5.32 Å². The first-order valence-corrected chi connectivity index (χ1v) is 8.94. The molecule has 0 bridgehead atoms. The number of ether oxygens (including phenoxy) is 1. The zero-order valence-corrected chi connectivity index (χ0v) is 15.6. The van der Waals surface area contributed by atoms with Crippen molar-refractivity contribution in [2.45, 2.75) is 0 Å². The van der Waals surface area contributed by atoms with Crippen LogP contribution in [-0.4, -0.2) is 18.9 Å². The molecule has 0 unspecified atom stereocenters. The van der Waals surface area contributed by atoms with E-state index < -0.39 is 5.91 Å². The van der Waals surface area contributed by atoms with Gasteiger partial charge in [0.25, 0.3) is 11.8 Å². The lowest BCUT2D eigenvalue weighted by Crippen LogP contribution is -2.17. The lowest BCUT2D eigenvalue weighted by atomic mass is 10.0. The summed E-state index contributed by atoms with van der Waals surface area (Å²) in [5.74, 6) is -0.592. The van der Waals surface area contributed by atoms with Gasteiger partial charge in [0.05, 0.1) is 7.11 Å². The molecule has 0 saturated carbocycles. The molecule has 144 valence electrons. The number of amides is 2. The Labute approximate surface area is 166 Å². The van der Waals surface area contributed by atoms with Crippen LogP contribution >= 0.6 is 0 Å². The van der Waals surface area contributed by atoms with Gasteiger partial charge in [-0.25, -0.2) is 0 Å². The Morgan fingerprint density at radius 1 is 0.931 bits per heavy atom. The average Bonchev–Trinajstić information content (AvgIpc) is 3.12. The average molecular weight is 386 g/mol. The Morgan fingerprint density at radius 3 is 2.31 bits per heavy atom. The van der Waals surface area contributed by atoms with E-state index >= 15 is 0 Å². The maximum Gasteiger partial charge on any atom is 0.286 e. The highest BCUT2D eigenvalue weighted by molar-refractivity contribution is 6.14. The van der Waals surface area contributed by atoms with Crippen LogP contribution in [0, 0.1) is 0 Å². The third-order valence-corrected chi connectivity index (χ3v) is 4.61. The van der Waals surface area contributed by atoms with Crippen LogP contribution in [0.15, 0.2) is 77.2 Å². The number of carbonyl (C=O) groups is 2. The largest absolute Gasteiger partial charge is 0.497 e. The van der Waals surface area contributed by atoms with Gasteiger partial charge in [-0.1, -0.05) is 36.4 Å². The van der Waals surface area contributed by atoms with Gasteiger partial charge in [-0.3, -0.25) is 9.59 Å². The zero-order valence-electron chi connectivity index (χ0n) is 15.6. The van der Waals surface area contributed by atoms with Crippen molar-refractivity contribution in [1.29, 1.82) is 0 Å². The lowest BCUT2D eigenvalue weighted by Gasteiger charge is -2.06. The second-order valence-corrected chi connectivity index (χ2v) is 6.43. The number of hydrogen-bond donors (Lipinski definition) is 2. The van der Waals surface area contributed by atoms with Crippen molar-refractivity contribution in [2.75, 3.05) is 12.4 Å². The summed E-state index contributed by atoms with van der Waals surface area (Å²) >= 11 is 0. The number of nitrogens with one attached hydrogen (secondary N) is 1. The summed E-state index contributed by atoms with van der Waals surface area (Å²) in [6.45, 7) is 0. The van der Waals surface area contributed by atoms with E-state index in [4.69, 9.17) is 14.9 Å². The van der Waals surface area contributed by atoms with Crippen molar-refractivity contribution in [3.8, 4) is 16.9 Å². The third kappa shape index (κ3) is 3.55. The van der Waals surface area contributed by atoms with Crippen LogP contribution in [0.25, 0.3) is 22.1 Å². The highest BCUT2D eigenvalue weighted by atomic mass is 16.5. The number of benzene rings is 3. The monoisotopic (exact) mass is 386 g/mol. The van der Waals surface area contributed by atoms with Crippen LogP contribution < -0.4 is 15.8 Å². The predicted octanol–water partition coefficient (Wildman–Crippen LogP) is 4.46. The van der Waals surface area contributed by atoms with Crippen molar-refractivity contribution in [2.24, 2.45) is 5.73 Å². The van der Waals surface area contributed by atoms with Gasteiger partial charge in [0.1, 0.15) is 17.0 Å². The Hall–Kier alpha value is -4.06. The van der Waals surface area contributed by atoms with Crippen molar-refractivity contribution in [3.63, 3.8) is 0 Å². The second-order valence-electron chi connectivity index (χ2n) is 6.43. The summed E-state index contributed by atoms with van der Waals surface area (Å²) in [4.78, 5) is 24.6. The van der Waals surface area contributed by atoms with Crippen molar-refractivity contribution in [1.82, 2.24) is 0 Å². The number of fused-ring (bicyclic) bond motifs is 1. The van der Waals surface area contributed by atoms with Gasteiger partial charge in [0, 0.05) is 10.9 Å². The number of carbonyl (C=O) groups excluding carboxylic acids is 2. The van der Waals surface area contributed by atoms with Gasteiger partial charge >= 0.3 is 0 Å². The first kappa shape index (κ1) is 18.3. The van der Waals surface area contributed by atoms with E-state index in [1.54, 1.807) is 37.4 Å². The van der Waals surface area contributed by atoms with Gasteiger partial charge in [-0.05, 0) is 47.5 Å². The smallest absolute Gasteiger partial charge is 0.286 e. The molecule has 0 spiro atoms. The molecule has 3 N–H and O–H groups in total. The molecule has 0 aliphatic rings. The van der Waals surface area contributed by atoms with Crippen molar-refractivity contribution in [3.05, 3.63) is 84.1 Å². The molecule has 0 atom stereocenters. The molecule has 2 amide bonds. The van der Waals surface area contributed by atoms with Gasteiger partial charge < -0.3 is 20.2 Å². The first-order valence-electron chi connectivity index (χ1n) is 8.94. The first-order chi connectivity index (χ1) is 14.1. The Kier molecular flexibility index (Phi) is 4.75. The number of methoxy groups -OCH3 is 1. The highest BCUT2D eigenvalue weighted by Gasteiger charge is 2.21. The van der Waals surface area contributed by atoms with Gasteiger partial charge in [0.2, 0.25) is 5.76 Å². The fourth-order valence-electron chi connectivity index (χ4n) is 3.13. The summed E-state index contributed by atoms with van der Waals surface area (Å²) in [6, 6.07) is 21.9. The summed E-state index contributed by atoms with van der Waals surface area (Å²) < 4.78 is 10.8. The Bertz CT molecular complexity index is 1200. The number of rotatable bonds is 5. The fourth-order valence-corrected chi connectivity index (χ4v) is 3.13. The molecule has 29 heavy (non-hydrogen) atoms. The predicted molar refractivity (Wildman–Crippen MR) is 111 cm³/mol. The number of nitrogens with two attached hydrogens (primary N) is 1. The molecule has 0 aliphatic heterocycles. The standard InChI is InChI=1S/C23H18N2O4/c1-28-17-10-7-15(8-11-17)23(27)25-20-18-12-9-16(14-5-3-2-4-6-14)13-19(18)29-21(20)22(24)26/h2-13H,1H3,(H2,24,26)(H,25,27). The van der Waals surface area contributed by atoms with Gasteiger partial charge in [0.15, 0.2) is 0 Å². The summed E-state index contributed by atoms with van der Waals surface area (Å²) in [6.07, 6.45) is 0.